The number of amides is 1. The SMILES string of the molecule is O=C(NCCF)c1ccc2c(c1)C(=O)c1ccc(Nc3ccc(F)cc3F)cc1CC2. The first kappa shape index (κ1) is 20.7. The number of carbonyl (C=O) groups is 2. The molecule has 2 N–H and O–H groups in total. The van der Waals surface area contributed by atoms with Gasteiger partial charge in [-0.2, -0.15) is 0 Å². The van der Waals surface area contributed by atoms with Crippen molar-refractivity contribution >= 4 is 23.1 Å². The maximum atomic E-state index is 14.0. The monoisotopic (exact) mass is 424 g/mol. The summed E-state index contributed by atoms with van der Waals surface area (Å²) < 4.78 is 39.4. The second-order valence-electron chi connectivity index (χ2n) is 7.27. The van der Waals surface area contributed by atoms with Crippen molar-refractivity contribution in [2.75, 3.05) is 18.5 Å². The fourth-order valence-corrected chi connectivity index (χ4v) is 3.67. The molecule has 0 atom stereocenters. The van der Waals surface area contributed by atoms with Gasteiger partial charge in [0, 0.05) is 35.0 Å². The molecule has 0 unspecified atom stereocenters. The second kappa shape index (κ2) is 8.63. The summed E-state index contributed by atoms with van der Waals surface area (Å²) >= 11 is 0. The molecular formula is C24H19F3N2O2. The van der Waals surface area contributed by atoms with Crippen LogP contribution in [-0.2, 0) is 12.8 Å². The Morgan fingerprint density at radius 2 is 1.71 bits per heavy atom. The van der Waals surface area contributed by atoms with E-state index in [1.165, 1.54) is 6.07 Å². The van der Waals surface area contributed by atoms with Crippen LogP contribution in [0.1, 0.15) is 37.4 Å². The Morgan fingerprint density at radius 1 is 0.903 bits per heavy atom. The summed E-state index contributed by atoms with van der Waals surface area (Å²) in [6.07, 6.45) is 1.18. The largest absolute Gasteiger partial charge is 0.353 e. The van der Waals surface area contributed by atoms with E-state index >= 15 is 0 Å². The number of ketones is 1. The van der Waals surface area contributed by atoms with Gasteiger partial charge >= 0.3 is 0 Å². The van der Waals surface area contributed by atoms with Crippen LogP contribution in [0.3, 0.4) is 0 Å². The first-order chi connectivity index (χ1) is 15.0. The van der Waals surface area contributed by atoms with Gasteiger partial charge in [0.15, 0.2) is 5.78 Å². The van der Waals surface area contributed by atoms with E-state index in [2.05, 4.69) is 10.6 Å². The summed E-state index contributed by atoms with van der Waals surface area (Å²) in [5.74, 6) is -2.01. The van der Waals surface area contributed by atoms with Gasteiger partial charge in [-0.3, -0.25) is 9.59 Å². The van der Waals surface area contributed by atoms with E-state index in [0.29, 0.717) is 35.2 Å². The van der Waals surface area contributed by atoms with E-state index in [4.69, 9.17) is 0 Å². The number of aryl methyl sites for hydroxylation is 2. The third kappa shape index (κ3) is 4.30. The Kier molecular flexibility index (Phi) is 5.75. The molecule has 3 aromatic carbocycles. The molecule has 0 spiro atoms. The van der Waals surface area contributed by atoms with Crippen molar-refractivity contribution in [3.8, 4) is 0 Å². The number of hydrogen-bond acceptors (Lipinski definition) is 3. The fourth-order valence-electron chi connectivity index (χ4n) is 3.67. The zero-order valence-corrected chi connectivity index (χ0v) is 16.5. The number of fused-ring (bicyclic) bond motifs is 2. The third-order valence-corrected chi connectivity index (χ3v) is 5.22. The zero-order chi connectivity index (χ0) is 22.0. The van der Waals surface area contributed by atoms with Gasteiger partial charge in [0.25, 0.3) is 5.91 Å². The number of anilines is 2. The van der Waals surface area contributed by atoms with Crippen LogP contribution in [0.25, 0.3) is 0 Å². The predicted molar refractivity (Wildman–Crippen MR) is 112 cm³/mol. The van der Waals surface area contributed by atoms with Gasteiger partial charge in [-0.1, -0.05) is 6.07 Å². The Hall–Kier alpha value is -3.61. The van der Waals surface area contributed by atoms with Crippen molar-refractivity contribution in [2.24, 2.45) is 0 Å². The molecule has 1 amide bonds. The standard InChI is InChI=1S/C24H19F3N2O2/c25-9-10-28-24(31)16-4-2-14-1-3-15-11-18(6-7-19(15)23(30)20(14)12-16)29-22-8-5-17(26)13-21(22)27/h2,4-8,11-13,29H,1,3,9-10H2,(H,28,31). The minimum Gasteiger partial charge on any atom is -0.353 e. The highest BCUT2D eigenvalue weighted by molar-refractivity contribution is 6.12. The highest BCUT2D eigenvalue weighted by atomic mass is 19.1. The number of alkyl halides is 1. The molecule has 158 valence electrons. The molecule has 0 aromatic heterocycles. The molecule has 4 rings (SSSR count). The molecule has 31 heavy (non-hydrogen) atoms. The van der Waals surface area contributed by atoms with Crippen LogP contribution in [0, 0.1) is 11.6 Å². The number of carbonyl (C=O) groups excluding carboxylic acids is 2. The van der Waals surface area contributed by atoms with Gasteiger partial charge in [-0.15, -0.1) is 0 Å². The Morgan fingerprint density at radius 3 is 2.48 bits per heavy atom. The topological polar surface area (TPSA) is 58.2 Å². The molecule has 0 saturated heterocycles. The van der Waals surface area contributed by atoms with E-state index in [1.807, 2.05) is 0 Å². The van der Waals surface area contributed by atoms with E-state index < -0.39 is 24.2 Å². The van der Waals surface area contributed by atoms with Crippen molar-refractivity contribution in [1.82, 2.24) is 5.32 Å². The van der Waals surface area contributed by atoms with Gasteiger partial charge in [-0.05, 0) is 66.4 Å². The van der Waals surface area contributed by atoms with Crippen LogP contribution in [0.2, 0.25) is 0 Å². The Bertz CT molecular complexity index is 1180. The quantitative estimate of drug-likeness (QED) is 0.622. The van der Waals surface area contributed by atoms with Gasteiger partial charge in [-0.25, -0.2) is 13.2 Å². The van der Waals surface area contributed by atoms with Crippen LogP contribution in [0.4, 0.5) is 24.5 Å². The highest BCUT2D eigenvalue weighted by Gasteiger charge is 2.23. The van der Waals surface area contributed by atoms with Crippen LogP contribution in [0.15, 0.2) is 54.6 Å². The number of nitrogens with one attached hydrogen (secondary N) is 2. The van der Waals surface area contributed by atoms with Gasteiger partial charge in [0.2, 0.25) is 0 Å². The van der Waals surface area contributed by atoms with Crippen LogP contribution in [0.5, 0.6) is 0 Å². The Balaban J connectivity index is 1.62. The van der Waals surface area contributed by atoms with Crippen LogP contribution < -0.4 is 10.6 Å². The molecule has 4 nitrogen and oxygen atoms in total. The molecular weight excluding hydrogens is 405 g/mol. The lowest BCUT2D eigenvalue weighted by atomic mass is 9.96. The summed E-state index contributed by atoms with van der Waals surface area (Å²) in [4.78, 5) is 25.3. The number of rotatable bonds is 5. The summed E-state index contributed by atoms with van der Waals surface area (Å²) in [6, 6.07) is 13.3. The minimum absolute atomic E-state index is 0.0862. The molecule has 0 saturated carbocycles. The summed E-state index contributed by atoms with van der Waals surface area (Å²) in [5.41, 5.74) is 3.57. The second-order valence-corrected chi connectivity index (χ2v) is 7.27. The van der Waals surface area contributed by atoms with Crippen molar-refractivity contribution in [3.05, 3.63) is 94.0 Å². The van der Waals surface area contributed by atoms with Crippen molar-refractivity contribution < 1.29 is 22.8 Å². The minimum atomic E-state index is -0.711. The van der Waals surface area contributed by atoms with E-state index in [1.54, 1.807) is 36.4 Å². The maximum absolute atomic E-state index is 14.0. The molecule has 3 aromatic rings. The van der Waals surface area contributed by atoms with Crippen molar-refractivity contribution in [1.29, 1.82) is 0 Å². The molecule has 7 heteroatoms. The lowest BCUT2D eigenvalue weighted by Gasteiger charge is -2.11. The first-order valence-corrected chi connectivity index (χ1v) is 9.83. The molecule has 0 aliphatic heterocycles. The highest BCUT2D eigenvalue weighted by Crippen LogP contribution is 2.29. The molecule has 1 aliphatic carbocycles. The summed E-state index contributed by atoms with van der Waals surface area (Å²) in [7, 11) is 0. The normalized spacial score (nSPS) is 12.5. The summed E-state index contributed by atoms with van der Waals surface area (Å²) in [5, 5.41) is 5.37. The van der Waals surface area contributed by atoms with Crippen LogP contribution in [-0.4, -0.2) is 24.9 Å². The lowest BCUT2D eigenvalue weighted by Crippen LogP contribution is -2.25. The molecule has 0 bridgehead atoms. The third-order valence-electron chi connectivity index (χ3n) is 5.22. The van der Waals surface area contributed by atoms with Crippen molar-refractivity contribution in [3.63, 3.8) is 0 Å². The smallest absolute Gasteiger partial charge is 0.251 e. The number of benzene rings is 3. The average Bonchev–Trinajstić information content (AvgIpc) is 2.90. The first-order valence-electron chi connectivity index (χ1n) is 9.83. The molecule has 0 fully saturated rings. The van der Waals surface area contributed by atoms with E-state index in [-0.39, 0.29) is 18.0 Å². The van der Waals surface area contributed by atoms with Crippen LogP contribution >= 0.6 is 0 Å². The average molecular weight is 424 g/mol. The van der Waals surface area contributed by atoms with E-state index in [0.717, 1.165) is 23.3 Å². The van der Waals surface area contributed by atoms with E-state index in [9.17, 15) is 22.8 Å². The molecule has 0 heterocycles. The number of halogens is 3. The molecule has 0 radical (unpaired) electrons. The summed E-state index contributed by atoms with van der Waals surface area (Å²) in [6.45, 7) is -0.752. The lowest BCUT2D eigenvalue weighted by molar-refractivity contribution is 0.0951. The predicted octanol–water partition coefficient (Wildman–Crippen LogP) is 4.74. The maximum Gasteiger partial charge on any atom is 0.251 e. The van der Waals surface area contributed by atoms with Gasteiger partial charge in [0.1, 0.15) is 18.3 Å². The fraction of sp³-hybridized carbons (Fsp3) is 0.167. The molecule has 1 aliphatic rings. The van der Waals surface area contributed by atoms with Gasteiger partial charge in [0.05, 0.1) is 5.69 Å². The number of hydrogen-bond donors (Lipinski definition) is 2. The zero-order valence-electron chi connectivity index (χ0n) is 16.5. The Labute approximate surface area is 177 Å². The van der Waals surface area contributed by atoms with Gasteiger partial charge < -0.3 is 10.6 Å². The van der Waals surface area contributed by atoms with Crippen molar-refractivity contribution in [2.45, 2.75) is 12.8 Å².